The average Bonchev–Trinajstić information content (AvgIpc) is 3.00. The van der Waals surface area contributed by atoms with E-state index in [-0.39, 0.29) is 28.6 Å². The second-order valence-electron chi connectivity index (χ2n) is 9.66. The summed E-state index contributed by atoms with van der Waals surface area (Å²) in [5.41, 5.74) is 1.40. The van der Waals surface area contributed by atoms with Gasteiger partial charge in [0.2, 0.25) is 11.8 Å². The van der Waals surface area contributed by atoms with Crippen LogP contribution in [-0.4, -0.2) is 44.3 Å². The number of carbonyl (C=O) groups is 2. The predicted molar refractivity (Wildman–Crippen MR) is 167 cm³/mol. The van der Waals surface area contributed by atoms with E-state index in [1.54, 1.807) is 37.3 Å². The molecule has 7 nitrogen and oxygen atoms in total. The highest BCUT2D eigenvalue weighted by Gasteiger charge is 2.34. The van der Waals surface area contributed by atoms with Crippen LogP contribution in [0.1, 0.15) is 18.1 Å². The molecule has 0 aliphatic rings. The smallest absolute Gasteiger partial charge is 0.264 e. The molecule has 0 unspecified atom stereocenters. The number of benzene rings is 4. The van der Waals surface area contributed by atoms with E-state index in [9.17, 15) is 22.4 Å². The molecule has 224 valence electrons. The van der Waals surface area contributed by atoms with Gasteiger partial charge in [-0.3, -0.25) is 13.9 Å². The van der Waals surface area contributed by atoms with E-state index in [1.165, 1.54) is 35.2 Å². The maximum atomic E-state index is 14.3. The molecular formula is C32H30Cl2FN3O4S. The summed E-state index contributed by atoms with van der Waals surface area (Å²) >= 11 is 12.6. The molecule has 0 fully saturated rings. The first-order valence-electron chi connectivity index (χ1n) is 13.5. The Morgan fingerprint density at radius 1 is 0.884 bits per heavy atom. The molecule has 11 heteroatoms. The maximum absolute atomic E-state index is 14.3. The summed E-state index contributed by atoms with van der Waals surface area (Å²) in [5.74, 6) is -1.64. The summed E-state index contributed by atoms with van der Waals surface area (Å²) in [6, 6.07) is 25.4. The highest BCUT2D eigenvalue weighted by Crippen LogP contribution is 2.27. The van der Waals surface area contributed by atoms with Crippen molar-refractivity contribution in [2.24, 2.45) is 0 Å². The van der Waals surface area contributed by atoms with Gasteiger partial charge in [0.05, 0.1) is 10.6 Å². The number of amides is 2. The van der Waals surface area contributed by atoms with Crippen LogP contribution in [0.25, 0.3) is 0 Å². The molecule has 2 amide bonds. The zero-order valence-corrected chi connectivity index (χ0v) is 25.6. The minimum atomic E-state index is -4.28. The van der Waals surface area contributed by atoms with Crippen molar-refractivity contribution < 1.29 is 22.4 Å². The van der Waals surface area contributed by atoms with Gasteiger partial charge in [0.15, 0.2) is 0 Å². The molecule has 4 aromatic carbocycles. The molecule has 0 bridgehead atoms. The number of nitrogens with one attached hydrogen (secondary N) is 1. The average molecular weight is 643 g/mol. The minimum Gasteiger partial charge on any atom is -0.355 e. The van der Waals surface area contributed by atoms with Gasteiger partial charge < -0.3 is 10.2 Å². The van der Waals surface area contributed by atoms with Crippen molar-refractivity contribution >= 4 is 50.7 Å². The van der Waals surface area contributed by atoms with Gasteiger partial charge in [-0.15, -0.1) is 0 Å². The Morgan fingerprint density at radius 2 is 1.51 bits per heavy atom. The Hall–Kier alpha value is -3.92. The molecule has 0 spiro atoms. The summed E-state index contributed by atoms with van der Waals surface area (Å²) < 4.78 is 42.5. The molecule has 43 heavy (non-hydrogen) atoms. The number of anilines is 1. The number of sulfonamides is 1. The lowest BCUT2D eigenvalue weighted by molar-refractivity contribution is -0.140. The summed E-state index contributed by atoms with van der Waals surface area (Å²) in [6.45, 7) is 1.31. The molecular weight excluding hydrogens is 612 g/mol. The normalized spacial score (nSPS) is 11.9. The van der Waals surface area contributed by atoms with Crippen LogP contribution in [-0.2, 0) is 32.6 Å². The molecule has 0 aliphatic carbocycles. The summed E-state index contributed by atoms with van der Waals surface area (Å²) in [4.78, 5) is 29.1. The van der Waals surface area contributed by atoms with Gasteiger partial charge in [0, 0.05) is 29.6 Å². The summed E-state index contributed by atoms with van der Waals surface area (Å²) in [7, 11) is -4.28. The topological polar surface area (TPSA) is 86.8 Å². The Kier molecular flexibility index (Phi) is 10.8. The molecule has 4 rings (SSSR count). The van der Waals surface area contributed by atoms with Crippen molar-refractivity contribution in [2.75, 3.05) is 17.4 Å². The first kappa shape index (κ1) is 32.0. The SMILES string of the molecule is CCNC(=O)[C@@H](Cc1ccccc1)N(Cc1ccc(Cl)cc1Cl)C(=O)CN(c1ccc(F)cc1)S(=O)(=O)c1ccccc1. The van der Waals surface area contributed by atoms with Crippen LogP contribution in [0.2, 0.25) is 10.0 Å². The number of rotatable bonds is 12. The van der Waals surface area contributed by atoms with E-state index in [0.717, 1.165) is 22.0 Å². The molecule has 0 radical (unpaired) electrons. The van der Waals surface area contributed by atoms with Gasteiger partial charge in [-0.25, -0.2) is 12.8 Å². The Morgan fingerprint density at radius 3 is 2.12 bits per heavy atom. The van der Waals surface area contributed by atoms with E-state index >= 15 is 0 Å². The summed E-state index contributed by atoms with van der Waals surface area (Å²) in [5, 5.41) is 3.48. The van der Waals surface area contributed by atoms with Crippen molar-refractivity contribution in [3.63, 3.8) is 0 Å². The van der Waals surface area contributed by atoms with Crippen molar-refractivity contribution in [3.05, 3.63) is 130 Å². The monoisotopic (exact) mass is 641 g/mol. The van der Waals surface area contributed by atoms with Crippen LogP contribution in [0, 0.1) is 5.82 Å². The lowest BCUT2D eigenvalue weighted by Gasteiger charge is -2.34. The fraction of sp³-hybridized carbons (Fsp3) is 0.188. The van der Waals surface area contributed by atoms with Crippen LogP contribution in [0.3, 0.4) is 0 Å². The molecule has 1 atom stereocenters. The van der Waals surface area contributed by atoms with E-state index in [2.05, 4.69) is 5.32 Å². The van der Waals surface area contributed by atoms with Crippen molar-refractivity contribution in [1.29, 1.82) is 0 Å². The molecule has 1 N–H and O–H groups in total. The van der Waals surface area contributed by atoms with E-state index in [1.807, 2.05) is 30.3 Å². The zero-order valence-electron chi connectivity index (χ0n) is 23.3. The van der Waals surface area contributed by atoms with Crippen LogP contribution < -0.4 is 9.62 Å². The Bertz CT molecular complexity index is 1660. The van der Waals surface area contributed by atoms with Gasteiger partial charge >= 0.3 is 0 Å². The molecule has 0 saturated heterocycles. The lowest BCUT2D eigenvalue weighted by atomic mass is 10.0. The second-order valence-corrected chi connectivity index (χ2v) is 12.4. The van der Waals surface area contributed by atoms with Crippen LogP contribution in [0.15, 0.2) is 108 Å². The molecule has 0 aromatic heterocycles. The number of hydrogen-bond acceptors (Lipinski definition) is 4. The molecule has 0 aliphatic heterocycles. The van der Waals surface area contributed by atoms with Crippen LogP contribution >= 0.6 is 23.2 Å². The quantitative estimate of drug-likeness (QED) is 0.202. The Balaban J connectivity index is 1.80. The van der Waals surface area contributed by atoms with Gasteiger partial charge in [-0.2, -0.15) is 0 Å². The van der Waals surface area contributed by atoms with E-state index in [0.29, 0.717) is 17.1 Å². The van der Waals surface area contributed by atoms with Crippen molar-refractivity contribution in [3.8, 4) is 0 Å². The molecule has 4 aromatic rings. The third kappa shape index (κ3) is 8.13. The molecule has 0 heterocycles. The highest BCUT2D eigenvalue weighted by atomic mass is 35.5. The standard InChI is InChI=1S/C32H30Cl2FN3O4S/c1-2-36-32(40)30(19-23-9-5-3-6-10-23)37(21-24-13-14-25(33)20-29(24)34)31(39)22-38(27-17-15-26(35)16-18-27)43(41,42)28-11-7-4-8-12-28/h3-18,20,30H,2,19,21-22H2,1H3,(H,36,40)/t30-/m1/s1. The second kappa shape index (κ2) is 14.5. The van der Waals surface area contributed by atoms with Gasteiger partial charge in [0.1, 0.15) is 18.4 Å². The Labute approximate surface area is 260 Å². The third-order valence-corrected chi connectivity index (χ3v) is 9.08. The van der Waals surface area contributed by atoms with Gasteiger partial charge in [0.25, 0.3) is 10.0 Å². The maximum Gasteiger partial charge on any atom is 0.264 e. The van der Waals surface area contributed by atoms with Crippen LogP contribution in [0.5, 0.6) is 0 Å². The van der Waals surface area contributed by atoms with E-state index < -0.39 is 40.2 Å². The third-order valence-electron chi connectivity index (χ3n) is 6.70. The fourth-order valence-electron chi connectivity index (χ4n) is 4.54. The van der Waals surface area contributed by atoms with E-state index in [4.69, 9.17) is 23.2 Å². The lowest BCUT2D eigenvalue weighted by Crippen LogP contribution is -2.53. The number of likely N-dealkylation sites (N-methyl/N-ethyl adjacent to an activating group) is 1. The first-order valence-corrected chi connectivity index (χ1v) is 15.7. The van der Waals surface area contributed by atoms with Gasteiger partial charge in [-0.1, -0.05) is 77.8 Å². The largest absolute Gasteiger partial charge is 0.355 e. The number of halogens is 3. The fourth-order valence-corrected chi connectivity index (χ4v) is 6.44. The zero-order chi connectivity index (χ0) is 31.0. The first-order chi connectivity index (χ1) is 20.6. The predicted octanol–water partition coefficient (Wildman–Crippen LogP) is 6.10. The number of hydrogen-bond donors (Lipinski definition) is 1. The summed E-state index contributed by atoms with van der Waals surface area (Å²) in [6.07, 6.45) is 0.158. The van der Waals surface area contributed by atoms with Crippen molar-refractivity contribution in [1.82, 2.24) is 10.2 Å². The van der Waals surface area contributed by atoms with Crippen molar-refractivity contribution in [2.45, 2.75) is 30.8 Å². The molecule has 0 saturated carbocycles. The minimum absolute atomic E-state index is 0.0519. The number of carbonyl (C=O) groups excluding carboxylic acids is 2. The van der Waals surface area contributed by atoms with Crippen LogP contribution in [0.4, 0.5) is 10.1 Å². The number of nitrogens with zero attached hydrogens (tertiary/aromatic N) is 2. The van der Waals surface area contributed by atoms with Gasteiger partial charge in [-0.05, 0) is 66.6 Å². The highest BCUT2D eigenvalue weighted by molar-refractivity contribution is 7.92.